The molecule has 4 rings (SSSR count). The second-order valence-corrected chi connectivity index (χ2v) is 11.2. The van der Waals surface area contributed by atoms with Gasteiger partial charge in [-0.05, 0) is 72.2 Å². The molecule has 1 N–H and O–H groups in total. The highest BCUT2D eigenvalue weighted by atomic mass is 16.5. The first-order valence-electron chi connectivity index (χ1n) is 14.3. The first kappa shape index (κ1) is 29.7. The third-order valence-corrected chi connectivity index (χ3v) is 7.51. The summed E-state index contributed by atoms with van der Waals surface area (Å²) in [4.78, 5) is 30.3. The molecule has 3 aromatic rings. The number of benzene rings is 3. The average molecular weight is 550 g/mol. The van der Waals surface area contributed by atoms with Crippen LogP contribution in [0.5, 0.6) is 5.75 Å². The molecule has 0 saturated heterocycles. The lowest BCUT2D eigenvalue weighted by atomic mass is 9.86. The lowest BCUT2D eigenvalue weighted by molar-refractivity contribution is -0.146. The van der Waals surface area contributed by atoms with Crippen molar-refractivity contribution in [2.45, 2.75) is 58.1 Å². The number of carbonyl (C=O) groups is 2. The Morgan fingerprint density at radius 2 is 1.71 bits per heavy atom. The van der Waals surface area contributed by atoms with Crippen LogP contribution in [-0.2, 0) is 16.0 Å². The zero-order valence-electron chi connectivity index (χ0n) is 24.1. The lowest BCUT2D eigenvalue weighted by Gasteiger charge is -2.32. The van der Waals surface area contributed by atoms with Gasteiger partial charge in [0.1, 0.15) is 23.3 Å². The number of hydrogen-bond donors (Lipinski definition) is 1. The molecule has 0 spiro atoms. The Morgan fingerprint density at radius 3 is 2.34 bits per heavy atom. The minimum Gasteiger partial charge on any atom is -0.488 e. The topological polar surface area (TPSA) is 76.0 Å². The van der Waals surface area contributed by atoms with Gasteiger partial charge in [-0.25, -0.2) is 0 Å². The maximum absolute atomic E-state index is 13.4. The number of carboxylic acids is 1. The van der Waals surface area contributed by atoms with Crippen molar-refractivity contribution in [2.75, 3.05) is 0 Å². The minimum atomic E-state index is -1.28. The van der Waals surface area contributed by atoms with Gasteiger partial charge in [0, 0.05) is 12.6 Å². The molecule has 5 heteroatoms. The third-order valence-electron chi connectivity index (χ3n) is 7.51. The molecule has 0 saturated carbocycles. The number of aliphatic carboxylic acids is 1. The maximum atomic E-state index is 13.4. The number of carboxylic acid groups (broad SMARTS) is 1. The highest BCUT2D eigenvalue weighted by Crippen LogP contribution is 2.31. The molecule has 1 heterocycles. The number of rotatable bonds is 14. The van der Waals surface area contributed by atoms with Crippen molar-refractivity contribution < 1.29 is 19.4 Å². The Morgan fingerprint density at radius 1 is 1.00 bits per heavy atom. The van der Waals surface area contributed by atoms with E-state index < -0.39 is 29.3 Å². The minimum absolute atomic E-state index is 0.0219. The second-order valence-electron chi connectivity index (χ2n) is 11.2. The van der Waals surface area contributed by atoms with Crippen LogP contribution in [0.15, 0.2) is 102 Å². The molecule has 0 aromatic heterocycles. The van der Waals surface area contributed by atoms with Crippen molar-refractivity contribution in [2.24, 2.45) is 16.8 Å². The van der Waals surface area contributed by atoms with Crippen LogP contribution in [0.25, 0.3) is 17.2 Å². The van der Waals surface area contributed by atoms with Gasteiger partial charge in [-0.3, -0.25) is 14.6 Å². The van der Waals surface area contributed by atoms with Gasteiger partial charge in [0.05, 0.1) is 0 Å². The summed E-state index contributed by atoms with van der Waals surface area (Å²) in [6, 6.07) is 25.6. The van der Waals surface area contributed by atoms with Crippen molar-refractivity contribution >= 4 is 24.0 Å². The molecule has 3 unspecified atom stereocenters. The van der Waals surface area contributed by atoms with E-state index in [1.54, 1.807) is 12.3 Å². The van der Waals surface area contributed by atoms with E-state index in [0.29, 0.717) is 11.7 Å². The highest BCUT2D eigenvalue weighted by Gasteiger charge is 2.39. The van der Waals surface area contributed by atoms with E-state index in [0.717, 1.165) is 29.5 Å². The molecule has 3 atom stereocenters. The van der Waals surface area contributed by atoms with Crippen LogP contribution < -0.4 is 4.74 Å². The monoisotopic (exact) mass is 549 g/mol. The number of para-hydroxylation sites is 1. The predicted octanol–water partition coefficient (Wildman–Crippen LogP) is 7.85. The predicted molar refractivity (Wildman–Crippen MR) is 166 cm³/mol. The SMILES string of the molecule is CC(C)CCCc1ccc(C=CC(=O)C(CC(Oc2ccccc2)C2(C)C=CC=N2)C(=O)O)c(-c2ccccc2)c1. The van der Waals surface area contributed by atoms with Crippen LogP contribution in [0.1, 0.15) is 51.2 Å². The molecule has 41 heavy (non-hydrogen) atoms. The molecule has 3 aromatic carbocycles. The van der Waals surface area contributed by atoms with E-state index in [1.807, 2.05) is 85.8 Å². The van der Waals surface area contributed by atoms with Crippen LogP contribution in [-0.4, -0.2) is 34.7 Å². The lowest BCUT2D eigenvalue weighted by Crippen LogP contribution is -2.43. The number of carbonyl (C=O) groups excluding carboxylic acids is 1. The number of aryl methyl sites for hydroxylation is 1. The van der Waals surface area contributed by atoms with Crippen LogP contribution in [0.2, 0.25) is 0 Å². The first-order chi connectivity index (χ1) is 19.7. The molecule has 0 radical (unpaired) electrons. The van der Waals surface area contributed by atoms with Crippen LogP contribution in [0.4, 0.5) is 0 Å². The van der Waals surface area contributed by atoms with Gasteiger partial charge in [0.25, 0.3) is 0 Å². The van der Waals surface area contributed by atoms with Gasteiger partial charge < -0.3 is 9.84 Å². The molecule has 0 bridgehead atoms. The number of allylic oxidation sites excluding steroid dienone is 2. The average Bonchev–Trinajstić information content (AvgIpc) is 3.42. The summed E-state index contributed by atoms with van der Waals surface area (Å²) in [7, 11) is 0. The molecule has 5 nitrogen and oxygen atoms in total. The van der Waals surface area contributed by atoms with Gasteiger partial charge in [0.15, 0.2) is 5.78 Å². The number of ether oxygens (including phenoxy) is 1. The summed E-state index contributed by atoms with van der Waals surface area (Å²) < 4.78 is 6.23. The molecule has 0 amide bonds. The van der Waals surface area contributed by atoms with Gasteiger partial charge >= 0.3 is 5.97 Å². The number of aliphatic imine (C=N–C) groups is 1. The molecule has 0 aliphatic carbocycles. The Balaban J connectivity index is 1.58. The summed E-state index contributed by atoms with van der Waals surface area (Å²) in [5, 5.41) is 10.1. The van der Waals surface area contributed by atoms with E-state index in [4.69, 9.17) is 4.74 Å². The highest BCUT2D eigenvalue weighted by molar-refractivity contribution is 6.06. The fraction of sp³-hybridized carbons (Fsp3) is 0.306. The van der Waals surface area contributed by atoms with Gasteiger partial charge in [-0.2, -0.15) is 0 Å². The quantitative estimate of drug-likeness (QED) is 0.164. The van der Waals surface area contributed by atoms with Crippen molar-refractivity contribution in [1.82, 2.24) is 0 Å². The standard InChI is InChI=1S/C36H39NO4/c1-26(2)12-10-13-27-18-19-29(31(24-27)28-14-6-4-7-15-28)20-21-33(38)32(35(39)40)25-34(36(3)22-11-23-37-36)41-30-16-8-5-9-17-30/h4-9,11,14-24,26,32,34H,10,12-13,25H2,1-3H3,(H,39,40). The summed E-state index contributed by atoms with van der Waals surface area (Å²) in [5.41, 5.74) is 3.41. The van der Waals surface area contributed by atoms with Gasteiger partial charge in [0.2, 0.25) is 0 Å². The Bertz CT molecular complexity index is 1390. The second kappa shape index (κ2) is 13.9. The van der Waals surface area contributed by atoms with Crippen molar-refractivity contribution in [3.63, 3.8) is 0 Å². The Hall–Kier alpha value is -4.25. The van der Waals surface area contributed by atoms with Gasteiger partial charge in [-0.1, -0.05) is 99.2 Å². The van der Waals surface area contributed by atoms with Crippen molar-refractivity contribution in [3.8, 4) is 16.9 Å². The van der Waals surface area contributed by atoms with Crippen LogP contribution >= 0.6 is 0 Å². The normalized spacial score (nSPS) is 17.7. The Kier molecular flexibility index (Phi) is 10.1. The molecule has 212 valence electrons. The van der Waals surface area contributed by atoms with Crippen LogP contribution in [0.3, 0.4) is 0 Å². The summed E-state index contributed by atoms with van der Waals surface area (Å²) in [6.07, 6.45) is 11.1. The molecule has 1 aliphatic rings. The van der Waals surface area contributed by atoms with Crippen molar-refractivity contribution in [3.05, 3.63) is 108 Å². The zero-order chi connectivity index (χ0) is 29.2. The number of ketones is 1. The molecule has 1 aliphatic heterocycles. The molecule has 0 fully saturated rings. The zero-order valence-corrected chi connectivity index (χ0v) is 24.1. The molecular formula is C36H39NO4. The van der Waals surface area contributed by atoms with E-state index >= 15 is 0 Å². The van der Waals surface area contributed by atoms with Crippen molar-refractivity contribution in [1.29, 1.82) is 0 Å². The largest absolute Gasteiger partial charge is 0.488 e. The summed E-state index contributed by atoms with van der Waals surface area (Å²) in [6.45, 7) is 6.35. The summed E-state index contributed by atoms with van der Waals surface area (Å²) in [5.74, 6) is -1.68. The van der Waals surface area contributed by atoms with E-state index in [2.05, 4.69) is 31.0 Å². The van der Waals surface area contributed by atoms with Crippen LogP contribution in [0, 0.1) is 11.8 Å². The number of hydrogen-bond acceptors (Lipinski definition) is 4. The summed E-state index contributed by atoms with van der Waals surface area (Å²) >= 11 is 0. The molecular weight excluding hydrogens is 510 g/mol. The van der Waals surface area contributed by atoms with E-state index in [1.165, 1.54) is 18.1 Å². The first-order valence-corrected chi connectivity index (χ1v) is 14.3. The fourth-order valence-corrected chi connectivity index (χ4v) is 5.07. The smallest absolute Gasteiger partial charge is 0.314 e. The van der Waals surface area contributed by atoms with E-state index in [-0.39, 0.29) is 6.42 Å². The third kappa shape index (κ3) is 8.14. The fourth-order valence-electron chi connectivity index (χ4n) is 5.07. The number of nitrogens with zero attached hydrogens (tertiary/aromatic N) is 1. The maximum Gasteiger partial charge on any atom is 0.314 e. The van der Waals surface area contributed by atoms with Gasteiger partial charge in [-0.15, -0.1) is 0 Å². The Labute approximate surface area is 243 Å². The van der Waals surface area contributed by atoms with E-state index in [9.17, 15) is 14.7 Å².